The van der Waals surface area contributed by atoms with Crippen LogP contribution in [0.15, 0.2) is 97.2 Å². The van der Waals surface area contributed by atoms with Gasteiger partial charge in [0, 0.05) is 12.8 Å². The molecule has 0 amide bonds. The Balaban J connectivity index is 4.32. The average Bonchev–Trinajstić information content (AvgIpc) is 3.30. The number of hydrogen-bond donors (Lipinski definition) is 1. The van der Waals surface area contributed by atoms with Gasteiger partial charge in [-0.3, -0.25) is 18.6 Å². The SMILES string of the molecule is CC/C=C\C/C=C\C/C=C\C/C=C\C/C=C\C/C=C\CCCCCCC(=O)OC(COC(=O)CCCCCCCCCCC/C=C\C/C=C\CCCCCCC)COP(=O)(O)OCC[N+](C)(C)C. The van der Waals surface area contributed by atoms with Crippen molar-refractivity contribution in [3.8, 4) is 0 Å². The van der Waals surface area contributed by atoms with Gasteiger partial charge in [-0.15, -0.1) is 0 Å². The molecule has 0 spiro atoms. The molecule has 0 aliphatic rings. The fourth-order valence-corrected chi connectivity index (χ4v) is 7.67. The van der Waals surface area contributed by atoms with Gasteiger partial charge in [-0.25, -0.2) is 4.57 Å². The largest absolute Gasteiger partial charge is 0.472 e. The van der Waals surface area contributed by atoms with Gasteiger partial charge in [0.05, 0.1) is 27.7 Å². The molecule has 0 aliphatic carbocycles. The highest BCUT2D eigenvalue weighted by atomic mass is 31.2. The van der Waals surface area contributed by atoms with Crippen LogP contribution in [0.25, 0.3) is 0 Å². The zero-order chi connectivity index (χ0) is 49.9. The molecular formula is C58H101NO8P+. The molecule has 0 aromatic heterocycles. The number of rotatable bonds is 48. The second kappa shape index (κ2) is 48.9. The molecule has 0 aromatic carbocycles. The minimum atomic E-state index is -4.40. The third kappa shape index (κ3) is 52.3. The van der Waals surface area contributed by atoms with Crippen molar-refractivity contribution in [2.75, 3.05) is 47.5 Å². The fourth-order valence-electron chi connectivity index (χ4n) is 6.93. The number of allylic oxidation sites excluding steroid dienone is 16. The van der Waals surface area contributed by atoms with Crippen molar-refractivity contribution >= 4 is 19.8 Å². The number of quaternary nitrogens is 1. The lowest BCUT2D eigenvalue weighted by Gasteiger charge is -2.24. The molecular weight excluding hydrogens is 870 g/mol. The molecule has 9 nitrogen and oxygen atoms in total. The van der Waals surface area contributed by atoms with Crippen LogP contribution in [0.1, 0.15) is 206 Å². The molecule has 0 radical (unpaired) electrons. The van der Waals surface area contributed by atoms with E-state index in [4.69, 9.17) is 18.5 Å². The molecule has 0 saturated carbocycles. The summed E-state index contributed by atoms with van der Waals surface area (Å²) in [5.74, 6) is -0.837. The van der Waals surface area contributed by atoms with Gasteiger partial charge in [-0.05, 0) is 96.3 Å². The predicted molar refractivity (Wildman–Crippen MR) is 288 cm³/mol. The molecule has 0 bridgehead atoms. The molecule has 0 rings (SSSR count). The van der Waals surface area contributed by atoms with Gasteiger partial charge < -0.3 is 18.9 Å². The van der Waals surface area contributed by atoms with Crippen molar-refractivity contribution in [3.63, 3.8) is 0 Å². The van der Waals surface area contributed by atoms with E-state index in [0.29, 0.717) is 17.4 Å². The van der Waals surface area contributed by atoms with Crippen LogP contribution >= 0.6 is 7.82 Å². The number of carbonyl (C=O) groups excluding carboxylic acids is 2. The first kappa shape index (κ1) is 64.9. The minimum absolute atomic E-state index is 0.0203. The highest BCUT2D eigenvalue weighted by molar-refractivity contribution is 7.47. The maximum atomic E-state index is 12.8. The molecule has 0 aliphatic heterocycles. The van der Waals surface area contributed by atoms with E-state index in [2.05, 4.69) is 111 Å². The lowest BCUT2D eigenvalue weighted by Crippen LogP contribution is -2.37. The van der Waals surface area contributed by atoms with Crippen LogP contribution < -0.4 is 0 Å². The Morgan fingerprint density at radius 2 is 0.838 bits per heavy atom. The number of likely N-dealkylation sites (N-methyl/N-ethyl adjacent to an activating group) is 1. The first-order chi connectivity index (χ1) is 33.0. The zero-order valence-electron chi connectivity index (χ0n) is 44.1. The van der Waals surface area contributed by atoms with Crippen LogP contribution in [0.3, 0.4) is 0 Å². The second-order valence-corrected chi connectivity index (χ2v) is 20.3. The van der Waals surface area contributed by atoms with Crippen LogP contribution in [0.4, 0.5) is 0 Å². The first-order valence-electron chi connectivity index (χ1n) is 27.0. The maximum Gasteiger partial charge on any atom is 0.472 e. The Morgan fingerprint density at radius 3 is 1.25 bits per heavy atom. The molecule has 390 valence electrons. The number of phosphoric acid groups is 1. The molecule has 0 aromatic rings. The summed E-state index contributed by atoms with van der Waals surface area (Å²) in [5.41, 5.74) is 0. The third-order valence-corrected chi connectivity index (χ3v) is 12.1. The number of carbonyl (C=O) groups is 2. The lowest BCUT2D eigenvalue weighted by atomic mass is 10.1. The van der Waals surface area contributed by atoms with Crippen molar-refractivity contribution in [1.29, 1.82) is 0 Å². The van der Waals surface area contributed by atoms with Gasteiger partial charge in [-0.2, -0.15) is 0 Å². The van der Waals surface area contributed by atoms with Crippen LogP contribution in [0, 0.1) is 0 Å². The van der Waals surface area contributed by atoms with Gasteiger partial charge in [0.25, 0.3) is 0 Å². The Hall–Kier alpha value is -3.07. The van der Waals surface area contributed by atoms with Crippen molar-refractivity contribution in [3.05, 3.63) is 97.2 Å². The molecule has 0 heterocycles. The predicted octanol–water partition coefficient (Wildman–Crippen LogP) is 16.5. The van der Waals surface area contributed by atoms with E-state index in [-0.39, 0.29) is 32.0 Å². The topological polar surface area (TPSA) is 108 Å². The Morgan fingerprint density at radius 1 is 0.471 bits per heavy atom. The van der Waals surface area contributed by atoms with Crippen molar-refractivity contribution in [1.82, 2.24) is 0 Å². The quantitative estimate of drug-likeness (QED) is 0.0211. The fraction of sp³-hybridized carbons (Fsp3) is 0.690. The number of ether oxygens (including phenoxy) is 2. The van der Waals surface area contributed by atoms with Gasteiger partial charge in [0.15, 0.2) is 6.10 Å². The van der Waals surface area contributed by atoms with E-state index >= 15 is 0 Å². The summed E-state index contributed by atoms with van der Waals surface area (Å²) in [6.07, 6.45) is 66.0. The summed E-state index contributed by atoms with van der Waals surface area (Å²) >= 11 is 0. The molecule has 0 fully saturated rings. The van der Waals surface area contributed by atoms with E-state index in [0.717, 1.165) is 103 Å². The van der Waals surface area contributed by atoms with E-state index in [9.17, 15) is 19.0 Å². The zero-order valence-corrected chi connectivity index (χ0v) is 45.0. The molecule has 1 N–H and O–H groups in total. The van der Waals surface area contributed by atoms with E-state index in [1.165, 1.54) is 70.6 Å². The summed E-state index contributed by atoms with van der Waals surface area (Å²) in [4.78, 5) is 35.6. The van der Waals surface area contributed by atoms with Crippen molar-refractivity contribution in [2.45, 2.75) is 213 Å². The summed E-state index contributed by atoms with van der Waals surface area (Å²) in [6.45, 7) is 4.26. The smallest absolute Gasteiger partial charge is 0.462 e. The lowest BCUT2D eigenvalue weighted by molar-refractivity contribution is -0.870. The standard InChI is InChI=1S/C58H100NO8P/c1-6-8-10-12-14-16-18-20-22-24-26-28-29-31-33-35-37-39-41-43-45-47-49-51-58(61)67-56(55-66-68(62,63)65-53-52-59(3,4)5)54-64-57(60)50-48-46-44-42-40-38-36-34-32-30-27-25-23-21-19-17-15-13-11-9-7-2/h8,10,14,16,19-22,25-28,31,33,37,39,56H,6-7,9,11-13,15,17-18,23-24,29-30,32,34-36,38,40-55H2,1-5H3/p+1/b10-8-,16-14-,21-19-,22-20-,27-25-,28-26-,33-31-,39-37-. The van der Waals surface area contributed by atoms with Crippen LogP contribution in [-0.4, -0.2) is 74.9 Å². The molecule has 2 atom stereocenters. The highest BCUT2D eigenvalue weighted by Gasteiger charge is 2.27. The Labute approximate surface area is 417 Å². The molecule has 2 unspecified atom stereocenters. The van der Waals surface area contributed by atoms with E-state index in [1.807, 2.05) is 21.1 Å². The van der Waals surface area contributed by atoms with Crippen molar-refractivity contribution in [2.24, 2.45) is 0 Å². The number of hydrogen-bond acceptors (Lipinski definition) is 7. The highest BCUT2D eigenvalue weighted by Crippen LogP contribution is 2.43. The number of nitrogens with zero attached hydrogens (tertiary/aromatic N) is 1. The number of esters is 2. The van der Waals surface area contributed by atoms with Crippen molar-refractivity contribution < 1.29 is 42.1 Å². The van der Waals surface area contributed by atoms with Crippen LogP contribution in [0.2, 0.25) is 0 Å². The van der Waals surface area contributed by atoms with Gasteiger partial charge in [0.2, 0.25) is 0 Å². The monoisotopic (exact) mass is 971 g/mol. The average molecular weight is 971 g/mol. The van der Waals surface area contributed by atoms with Crippen LogP contribution in [0.5, 0.6) is 0 Å². The molecule has 10 heteroatoms. The third-order valence-electron chi connectivity index (χ3n) is 11.1. The van der Waals surface area contributed by atoms with Crippen LogP contribution in [-0.2, 0) is 32.7 Å². The number of unbranched alkanes of at least 4 members (excludes halogenated alkanes) is 18. The second-order valence-electron chi connectivity index (χ2n) is 18.9. The van der Waals surface area contributed by atoms with Gasteiger partial charge in [-0.1, -0.05) is 195 Å². The van der Waals surface area contributed by atoms with E-state index < -0.39 is 26.5 Å². The van der Waals surface area contributed by atoms with Gasteiger partial charge in [0.1, 0.15) is 19.8 Å². The normalized spacial score (nSPS) is 14.1. The summed E-state index contributed by atoms with van der Waals surface area (Å²) in [6, 6.07) is 0. The molecule has 0 saturated heterocycles. The molecule has 68 heavy (non-hydrogen) atoms. The Kier molecular flexibility index (Phi) is 46.7. The summed E-state index contributed by atoms with van der Waals surface area (Å²) < 4.78 is 34.5. The Bertz CT molecular complexity index is 1470. The van der Waals surface area contributed by atoms with E-state index in [1.54, 1.807) is 0 Å². The number of phosphoric ester groups is 1. The minimum Gasteiger partial charge on any atom is -0.462 e. The first-order valence-corrected chi connectivity index (χ1v) is 28.5. The summed E-state index contributed by atoms with van der Waals surface area (Å²) in [5, 5.41) is 0. The maximum absolute atomic E-state index is 12.8. The van der Waals surface area contributed by atoms with Gasteiger partial charge >= 0.3 is 19.8 Å². The summed E-state index contributed by atoms with van der Waals surface area (Å²) in [7, 11) is 1.44.